The molecule has 0 aliphatic heterocycles. The van der Waals surface area contributed by atoms with Gasteiger partial charge in [-0.25, -0.2) is 4.79 Å². The highest BCUT2D eigenvalue weighted by molar-refractivity contribution is 5.87. The van der Waals surface area contributed by atoms with E-state index in [0.717, 1.165) is 5.56 Å². The van der Waals surface area contributed by atoms with Gasteiger partial charge in [-0.2, -0.15) is 0 Å². The van der Waals surface area contributed by atoms with Crippen LogP contribution >= 0.6 is 0 Å². The largest absolute Gasteiger partial charge is 0.508 e. The molecule has 0 atom stereocenters. The first-order valence-electron chi connectivity index (χ1n) is 9.16. The van der Waals surface area contributed by atoms with Crippen molar-refractivity contribution in [2.24, 2.45) is 0 Å². The molecule has 3 nitrogen and oxygen atoms in total. The second kappa shape index (κ2) is 10.9. The molecule has 3 heteroatoms. The first-order chi connectivity index (χ1) is 13.1. The zero-order valence-electron chi connectivity index (χ0n) is 17.4. The molecule has 0 saturated heterocycles. The van der Waals surface area contributed by atoms with Crippen molar-refractivity contribution in [3.8, 4) is 5.75 Å². The number of carbonyl (C=O) groups excluding carboxylic acids is 1. The van der Waals surface area contributed by atoms with Crippen molar-refractivity contribution >= 4 is 18.1 Å². The van der Waals surface area contributed by atoms with Gasteiger partial charge in [-0.05, 0) is 57.9 Å². The van der Waals surface area contributed by atoms with Crippen LogP contribution in [-0.2, 0) is 9.53 Å². The van der Waals surface area contributed by atoms with Gasteiger partial charge in [-0.3, -0.25) is 0 Å². The monoisotopic (exact) mass is 378 g/mol. The van der Waals surface area contributed by atoms with Gasteiger partial charge in [0.15, 0.2) is 0 Å². The van der Waals surface area contributed by atoms with E-state index in [1.807, 2.05) is 51.1 Å². The Morgan fingerprint density at radius 1 is 0.929 bits per heavy atom. The number of ether oxygens (including phenoxy) is 1. The standard InChI is InChI=1S/C17H16O.C8H14O2/c1-14-6-8-15(9-7-14)4-2-3-5-16-10-12-17(18)13-11-16;1-6(2)7(9)10-8(3,4)5/h2-13,18H,1H3;1H2,2-5H3. The Balaban J connectivity index is 0.000000336. The van der Waals surface area contributed by atoms with E-state index in [4.69, 9.17) is 9.84 Å². The van der Waals surface area contributed by atoms with Crippen molar-refractivity contribution in [2.75, 3.05) is 0 Å². The number of allylic oxidation sites excluding steroid dienone is 2. The summed E-state index contributed by atoms with van der Waals surface area (Å²) in [6.07, 6.45) is 8.07. The summed E-state index contributed by atoms with van der Waals surface area (Å²) >= 11 is 0. The number of hydrogen-bond donors (Lipinski definition) is 1. The molecule has 0 aliphatic carbocycles. The number of phenolic OH excluding ortho intramolecular Hbond substituents is 1. The first kappa shape index (κ1) is 23.0. The highest BCUT2D eigenvalue weighted by Crippen LogP contribution is 2.11. The van der Waals surface area contributed by atoms with E-state index in [2.05, 4.69) is 43.8 Å². The van der Waals surface area contributed by atoms with Crippen LogP contribution in [0.5, 0.6) is 5.75 Å². The molecule has 2 rings (SSSR count). The third kappa shape index (κ3) is 10.2. The maximum Gasteiger partial charge on any atom is 0.333 e. The van der Waals surface area contributed by atoms with E-state index in [0.29, 0.717) is 11.3 Å². The van der Waals surface area contributed by atoms with Gasteiger partial charge in [0.2, 0.25) is 0 Å². The van der Waals surface area contributed by atoms with Gasteiger partial charge in [0, 0.05) is 5.57 Å². The summed E-state index contributed by atoms with van der Waals surface area (Å²) in [4.78, 5) is 10.8. The Hall–Kier alpha value is -3.07. The number of rotatable bonds is 4. The van der Waals surface area contributed by atoms with Crippen LogP contribution in [0, 0.1) is 6.92 Å². The Bertz CT molecular complexity index is 764. The maximum absolute atomic E-state index is 10.8. The van der Waals surface area contributed by atoms with E-state index in [9.17, 15) is 4.79 Å². The molecule has 0 saturated carbocycles. The number of aryl methyl sites for hydroxylation is 1. The van der Waals surface area contributed by atoms with Crippen molar-refractivity contribution in [2.45, 2.75) is 40.2 Å². The Morgan fingerprint density at radius 3 is 1.71 bits per heavy atom. The smallest absolute Gasteiger partial charge is 0.333 e. The predicted octanol–water partition coefficient (Wildman–Crippen LogP) is 6.33. The van der Waals surface area contributed by atoms with E-state index in [1.165, 1.54) is 11.1 Å². The van der Waals surface area contributed by atoms with Crippen LogP contribution in [0.1, 0.15) is 44.4 Å². The molecule has 2 aromatic rings. The van der Waals surface area contributed by atoms with Gasteiger partial charge in [0.05, 0.1) is 0 Å². The number of hydrogen-bond acceptors (Lipinski definition) is 3. The fourth-order valence-electron chi connectivity index (χ4n) is 1.96. The molecular weight excluding hydrogens is 348 g/mol. The molecule has 0 bridgehead atoms. The Kier molecular flexibility index (Phi) is 8.97. The Morgan fingerprint density at radius 2 is 1.36 bits per heavy atom. The lowest BCUT2D eigenvalue weighted by Crippen LogP contribution is -2.23. The molecule has 0 radical (unpaired) electrons. The van der Waals surface area contributed by atoms with E-state index < -0.39 is 5.60 Å². The second-order valence-corrected chi connectivity index (χ2v) is 7.50. The average molecular weight is 379 g/mol. The van der Waals surface area contributed by atoms with Crippen molar-refractivity contribution < 1.29 is 14.6 Å². The number of benzene rings is 2. The highest BCUT2D eigenvalue weighted by Gasteiger charge is 2.15. The highest BCUT2D eigenvalue weighted by atomic mass is 16.6. The van der Waals surface area contributed by atoms with Gasteiger partial charge in [-0.15, -0.1) is 0 Å². The topological polar surface area (TPSA) is 46.5 Å². The molecule has 0 amide bonds. The van der Waals surface area contributed by atoms with Crippen LogP contribution in [0.2, 0.25) is 0 Å². The second-order valence-electron chi connectivity index (χ2n) is 7.50. The third-order valence-corrected chi connectivity index (χ3v) is 3.41. The number of esters is 1. The summed E-state index contributed by atoms with van der Waals surface area (Å²) in [5.74, 6) is -0.0325. The maximum atomic E-state index is 10.8. The molecule has 0 spiro atoms. The average Bonchev–Trinajstić information content (AvgIpc) is 2.61. The van der Waals surface area contributed by atoms with Crippen LogP contribution in [0.3, 0.4) is 0 Å². The van der Waals surface area contributed by atoms with Gasteiger partial charge in [0.25, 0.3) is 0 Å². The lowest BCUT2D eigenvalue weighted by atomic mass is 10.1. The van der Waals surface area contributed by atoms with E-state index in [-0.39, 0.29) is 5.97 Å². The molecule has 0 unspecified atom stereocenters. The van der Waals surface area contributed by atoms with Gasteiger partial charge >= 0.3 is 5.97 Å². The first-order valence-corrected chi connectivity index (χ1v) is 9.16. The summed E-state index contributed by atoms with van der Waals surface area (Å²) in [7, 11) is 0. The number of aromatic hydroxyl groups is 1. The van der Waals surface area contributed by atoms with E-state index in [1.54, 1.807) is 19.1 Å². The molecule has 2 aromatic carbocycles. The van der Waals surface area contributed by atoms with Crippen molar-refractivity contribution in [3.05, 3.63) is 89.5 Å². The molecular formula is C25H30O3. The zero-order valence-corrected chi connectivity index (χ0v) is 17.4. The Labute approximate surface area is 168 Å². The summed E-state index contributed by atoms with van der Waals surface area (Å²) < 4.78 is 4.96. The predicted molar refractivity (Wildman–Crippen MR) is 118 cm³/mol. The summed E-state index contributed by atoms with van der Waals surface area (Å²) in [6, 6.07) is 15.5. The van der Waals surface area contributed by atoms with Crippen LogP contribution < -0.4 is 0 Å². The molecule has 0 fully saturated rings. The minimum Gasteiger partial charge on any atom is -0.508 e. The zero-order chi connectivity index (χ0) is 21.2. The summed E-state index contributed by atoms with van der Waals surface area (Å²) in [6.45, 7) is 12.7. The molecule has 1 N–H and O–H groups in total. The minimum absolute atomic E-state index is 0.294. The normalized spacial score (nSPS) is 11.2. The molecule has 28 heavy (non-hydrogen) atoms. The fourth-order valence-corrected chi connectivity index (χ4v) is 1.96. The summed E-state index contributed by atoms with van der Waals surface area (Å²) in [5, 5.41) is 9.16. The lowest BCUT2D eigenvalue weighted by Gasteiger charge is -2.19. The molecule has 0 aliphatic rings. The minimum atomic E-state index is -0.407. The van der Waals surface area contributed by atoms with E-state index >= 15 is 0 Å². The molecule has 0 heterocycles. The van der Waals surface area contributed by atoms with Crippen LogP contribution in [0.25, 0.3) is 12.2 Å². The van der Waals surface area contributed by atoms with Crippen LogP contribution in [0.15, 0.2) is 72.8 Å². The quantitative estimate of drug-likeness (QED) is 0.384. The van der Waals surface area contributed by atoms with Crippen molar-refractivity contribution in [1.82, 2.24) is 0 Å². The number of carbonyl (C=O) groups is 1. The van der Waals surface area contributed by atoms with Crippen molar-refractivity contribution in [3.63, 3.8) is 0 Å². The van der Waals surface area contributed by atoms with Crippen LogP contribution in [0.4, 0.5) is 0 Å². The molecule has 148 valence electrons. The fraction of sp³-hybridized carbons (Fsp3) is 0.240. The van der Waals surface area contributed by atoms with Crippen molar-refractivity contribution in [1.29, 1.82) is 0 Å². The molecule has 0 aromatic heterocycles. The van der Waals surface area contributed by atoms with Gasteiger partial charge < -0.3 is 9.84 Å². The SMILES string of the molecule is C=C(C)C(=O)OC(C)(C)C.Cc1ccc(C=CC=Cc2ccc(O)cc2)cc1. The summed E-state index contributed by atoms with van der Waals surface area (Å²) in [5.41, 5.74) is 3.56. The van der Waals surface area contributed by atoms with Gasteiger partial charge in [-0.1, -0.05) is 72.8 Å². The third-order valence-electron chi connectivity index (χ3n) is 3.41. The number of phenols is 1. The van der Waals surface area contributed by atoms with Crippen LogP contribution in [-0.4, -0.2) is 16.7 Å². The van der Waals surface area contributed by atoms with Gasteiger partial charge in [0.1, 0.15) is 11.4 Å². The lowest BCUT2D eigenvalue weighted by molar-refractivity contribution is -0.149.